The van der Waals surface area contributed by atoms with Crippen molar-refractivity contribution < 1.29 is 19.8 Å². The Morgan fingerprint density at radius 1 is 0.485 bits per heavy atom. The molecular formula is C24H38CaO4S4. The quantitative estimate of drug-likeness (QED) is 0.287. The molecule has 0 aromatic rings. The maximum atomic E-state index is 11.1. The van der Waals surface area contributed by atoms with Gasteiger partial charge in [0, 0.05) is 21.0 Å². The molecule has 0 aliphatic heterocycles. The maximum Gasteiger partial charge on any atom is 2.00 e. The first kappa shape index (κ1) is 30.8. The molecule has 33 heavy (non-hydrogen) atoms. The van der Waals surface area contributed by atoms with Crippen LogP contribution in [0.2, 0.25) is 0 Å². The van der Waals surface area contributed by atoms with Gasteiger partial charge in [0.15, 0.2) is 0 Å². The molecule has 0 unspecified atom stereocenters. The Morgan fingerprint density at radius 2 is 0.667 bits per heavy atom. The topological polar surface area (TPSA) is 80.3 Å². The van der Waals surface area contributed by atoms with Gasteiger partial charge in [0.1, 0.15) is 0 Å². The summed E-state index contributed by atoms with van der Waals surface area (Å²) in [6.07, 6.45) is 19.7. The largest absolute Gasteiger partial charge is 2.00 e. The first-order valence-electron chi connectivity index (χ1n) is 12.5. The minimum absolute atomic E-state index is 0. The predicted molar refractivity (Wildman–Crippen MR) is 143 cm³/mol. The van der Waals surface area contributed by atoms with Crippen LogP contribution < -0.4 is 10.2 Å². The zero-order valence-electron chi connectivity index (χ0n) is 19.8. The molecule has 0 saturated heterocycles. The second-order valence-electron chi connectivity index (χ2n) is 9.47. The molecule has 4 nitrogen and oxygen atoms in total. The molecule has 0 heterocycles. The summed E-state index contributed by atoms with van der Waals surface area (Å²) < 4.78 is -0.655. The summed E-state index contributed by atoms with van der Waals surface area (Å²) in [6.45, 7) is 0. The Labute approximate surface area is 247 Å². The van der Waals surface area contributed by atoms with Crippen molar-refractivity contribution >= 4 is 96.7 Å². The van der Waals surface area contributed by atoms with Crippen molar-refractivity contribution in [3.8, 4) is 0 Å². The van der Waals surface area contributed by atoms with Crippen molar-refractivity contribution in [1.29, 1.82) is 0 Å². The van der Waals surface area contributed by atoms with Crippen LogP contribution in [0.1, 0.15) is 103 Å². The Balaban J connectivity index is 0.000000227. The summed E-state index contributed by atoms with van der Waals surface area (Å²) >= 11 is 6.59. The van der Waals surface area contributed by atoms with Gasteiger partial charge in [0.05, 0.1) is 21.1 Å². The second kappa shape index (κ2) is 17.2. The molecule has 4 saturated carbocycles. The first-order valence-corrected chi connectivity index (χ1v) is 16.3. The summed E-state index contributed by atoms with van der Waals surface area (Å²) in [7, 11) is 0. The van der Waals surface area contributed by atoms with Gasteiger partial charge in [-0.2, -0.15) is 0 Å². The molecule has 0 aromatic carbocycles. The Morgan fingerprint density at radius 3 is 0.818 bits per heavy atom. The normalized spacial score (nSPS) is 22.6. The molecule has 4 rings (SSSR count). The number of rotatable bonds is 10. The third-order valence-electron chi connectivity index (χ3n) is 6.86. The third kappa shape index (κ3) is 11.7. The molecule has 184 valence electrons. The van der Waals surface area contributed by atoms with E-state index in [2.05, 4.69) is 0 Å². The van der Waals surface area contributed by atoms with E-state index < -0.39 is 11.9 Å². The van der Waals surface area contributed by atoms with Crippen LogP contribution in [0.5, 0.6) is 0 Å². The van der Waals surface area contributed by atoms with Crippen LogP contribution in [0.25, 0.3) is 0 Å². The molecule has 4 aliphatic carbocycles. The summed E-state index contributed by atoms with van der Waals surface area (Å²) in [5.74, 6) is -1.73. The molecule has 0 N–H and O–H groups in total. The van der Waals surface area contributed by atoms with Crippen molar-refractivity contribution in [1.82, 2.24) is 0 Å². The second-order valence-corrected chi connectivity index (χ2v) is 15.7. The van der Waals surface area contributed by atoms with Crippen molar-refractivity contribution in [2.75, 3.05) is 0 Å². The molecule has 0 aromatic heterocycles. The van der Waals surface area contributed by atoms with E-state index in [9.17, 15) is 19.8 Å². The zero-order valence-corrected chi connectivity index (χ0v) is 25.2. The average molecular weight is 559 g/mol. The zero-order chi connectivity index (χ0) is 22.8. The molecule has 9 heteroatoms. The van der Waals surface area contributed by atoms with Crippen molar-refractivity contribution in [3.05, 3.63) is 0 Å². The summed E-state index contributed by atoms with van der Waals surface area (Å²) in [5.41, 5.74) is 0. The van der Waals surface area contributed by atoms with E-state index in [-0.39, 0.29) is 46.9 Å². The van der Waals surface area contributed by atoms with Crippen molar-refractivity contribution in [2.45, 2.75) is 133 Å². The molecule has 0 spiro atoms. The molecule has 0 atom stereocenters. The Kier molecular flexibility index (Phi) is 16.0. The van der Waals surface area contributed by atoms with Crippen LogP contribution in [0.3, 0.4) is 0 Å². The number of thioether (sulfide) groups is 4. The SMILES string of the molecule is O=C([O-])C(SC1CCCC1)SC1CCCC1.O=C([O-])C(SC1CCCC1)SC1CCCC1.[Ca+2]. The molecule has 0 bridgehead atoms. The molecule has 4 fully saturated rings. The number of hydrogen-bond donors (Lipinski definition) is 0. The van der Waals surface area contributed by atoms with E-state index in [1.54, 1.807) is 47.0 Å². The van der Waals surface area contributed by atoms with Gasteiger partial charge < -0.3 is 19.8 Å². The summed E-state index contributed by atoms with van der Waals surface area (Å²) in [5, 5.41) is 24.5. The number of hydrogen-bond acceptors (Lipinski definition) is 8. The molecule has 0 amide bonds. The van der Waals surface area contributed by atoms with Gasteiger partial charge in [0.2, 0.25) is 0 Å². The van der Waals surface area contributed by atoms with E-state index in [1.165, 1.54) is 103 Å². The summed E-state index contributed by atoms with van der Waals surface area (Å²) in [4.78, 5) is 22.2. The Bertz CT molecular complexity index is 487. The van der Waals surface area contributed by atoms with E-state index in [0.29, 0.717) is 21.0 Å². The van der Waals surface area contributed by atoms with Crippen LogP contribution in [0.4, 0.5) is 0 Å². The van der Waals surface area contributed by atoms with Crippen LogP contribution in [-0.2, 0) is 9.59 Å². The number of carbonyl (C=O) groups excluding carboxylic acids is 2. The van der Waals surface area contributed by atoms with Gasteiger partial charge in [0.25, 0.3) is 0 Å². The fourth-order valence-electron chi connectivity index (χ4n) is 5.08. The molecule has 0 radical (unpaired) electrons. The van der Waals surface area contributed by atoms with Crippen LogP contribution in [0, 0.1) is 0 Å². The number of carbonyl (C=O) groups is 2. The van der Waals surface area contributed by atoms with Crippen LogP contribution in [0.15, 0.2) is 0 Å². The van der Waals surface area contributed by atoms with Gasteiger partial charge in [-0.25, -0.2) is 0 Å². The predicted octanol–water partition coefficient (Wildman–Crippen LogP) is 4.45. The van der Waals surface area contributed by atoms with Gasteiger partial charge in [-0.15, -0.1) is 47.0 Å². The number of aliphatic carboxylic acids is 2. The third-order valence-corrected chi connectivity index (χ3v) is 13.4. The molecule has 4 aliphatic rings. The van der Waals surface area contributed by atoms with Gasteiger partial charge >= 0.3 is 37.7 Å². The van der Waals surface area contributed by atoms with E-state index in [0.717, 1.165) is 0 Å². The van der Waals surface area contributed by atoms with E-state index in [1.807, 2.05) is 0 Å². The van der Waals surface area contributed by atoms with Crippen LogP contribution in [-0.4, -0.2) is 79.8 Å². The fourth-order valence-corrected chi connectivity index (χ4v) is 11.7. The van der Waals surface area contributed by atoms with Crippen LogP contribution >= 0.6 is 47.0 Å². The number of carboxylic acids is 2. The minimum atomic E-state index is -0.867. The smallest absolute Gasteiger partial charge is 0.548 e. The van der Waals surface area contributed by atoms with Crippen molar-refractivity contribution in [3.63, 3.8) is 0 Å². The van der Waals surface area contributed by atoms with Gasteiger partial charge in [-0.3, -0.25) is 0 Å². The standard InChI is InChI=1S/2C12H20O2S2.Ca/c2*13-11(14)12(15-9-5-1-2-6-9)16-10-7-3-4-8-10;/h2*9-10,12H,1-8H2,(H,13,14);/q;;+2/p-2. The molecular weight excluding hydrogens is 521 g/mol. The first-order chi connectivity index (χ1) is 15.5. The van der Waals surface area contributed by atoms with Gasteiger partial charge in [-0.1, -0.05) is 51.4 Å². The monoisotopic (exact) mass is 558 g/mol. The fraction of sp³-hybridized carbons (Fsp3) is 0.917. The van der Waals surface area contributed by atoms with Gasteiger partial charge in [-0.05, 0) is 51.4 Å². The maximum absolute atomic E-state index is 11.1. The number of carboxylic acid groups (broad SMARTS) is 2. The van der Waals surface area contributed by atoms with E-state index >= 15 is 0 Å². The average Bonchev–Trinajstić information content (AvgIpc) is 3.56. The van der Waals surface area contributed by atoms with E-state index in [4.69, 9.17) is 0 Å². The Hall–Kier alpha value is 1.60. The van der Waals surface area contributed by atoms with Crippen molar-refractivity contribution in [2.24, 2.45) is 0 Å². The minimum Gasteiger partial charge on any atom is -0.548 e. The summed E-state index contributed by atoms with van der Waals surface area (Å²) in [6, 6.07) is 0.